The zero-order valence-corrected chi connectivity index (χ0v) is 14.7. The van der Waals surface area contributed by atoms with Gasteiger partial charge in [-0.3, -0.25) is 0 Å². The lowest BCUT2D eigenvalue weighted by atomic mass is 10.1. The molecule has 0 amide bonds. The highest BCUT2D eigenvalue weighted by Gasteiger charge is 2.19. The maximum Gasteiger partial charge on any atom is 0.344 e. The van der Waals surface area contributed by atoms with Crippen molar-refractivity contribution in [2.24, 2.45) is 0 Å². The summed E-state index contributed by atoms with van der Waals surface area (Å²) in [6, 6.07) is 7.84. The topological polar surface area (TPSA) is 39.4 Å². The highest BCUT2D eigenvalue weighted by atomic mass is 79.9. The average molecular weight is 379 g/mol. The van der Waals surface area contributed by atoms with E-state index in [4.69, 9.17) is 9.15 Å². The van der Waals surface area contributed by atoms with Crippen molar-refractivity contribution in [1.29, 1.82) is 0 Å². The zero-order chi connectivity index (χ0) is 15.7. The van der Waals surface area contributed by atoms with Crippen molar-refractivity contribution >= 4 is 33.3 Å². The van der Waals surface area contributed by atoms with Crippen molar-refractivity contribution in [2.75, 3.05) is 12.4 Å². The molecule has 0 atom stereocenters. The van der Waals surface area contributed by atoms with Gasteiger partial charge in [0, 0.05) is 16.2 Å². The van der Waals surface area contributed by atoms with Crippen LogP contribution in [0, 0.1) is 13.8 Å². The van der Waals surface area contributed by atoms with Crippen LogP contribution in [0.3, 0.4) is 0 Å². The molecule has 5 heteroatoms. The van der Waals surface area contributed by atoms with Gasteiger partial charge in [0.2, 0.25) is 0 Å². The normalized spacial score (nSPS) is 13.5. The van der Waals surface area contributed by atoms with E-state index < -0.39 is 0 Å². The Bertz CT molecular complexity index is 808. The largest absolute Gasteiger partial charge is 0.488 e. The molecule has 1 aromatic carbocycles. The molecule has 0 radical (unpaired) electrons. The predicted octanol–water partition coefficient (Wildman–Crippen LogP) is 4.59. The fraction of sp³-hybridized carbons (Fsp3) is 0.235. The molecule has 114 valence electrons. The molecule has 1 aromatic heterocycles. The van der Waals surface area contributed by atoms with Crippen LogP contribution in [0.4, 0.5) is 0 Å². The molecular weight excluding hydrogens is 364 g/mol. The van der Waals surface area contributed by atoms with Gasteiger partial charge < -0.3 is 9.15 Å². The predicted molar refractivity (Wildman–Crippen MR) is 92.8 cm³/mol. The van der Waals surface area contributed by atoms with E-state index in [0.717, 1.165) is 32.0 Å². The summed E-state index contributed by atoms with van der Waals surface area (Å²) in [5.74, 6) is 2.24. The summed E-state index contributed by atoms with van der Waals surface area (Å²) in [6.45, 7) is 4.17. The lowest BCUT2D eigenvalue weighted by Crippen LogP contribution is -2.15. The van der Waals surface area contributed by atoms with Crippen LogP contribution in [0.1, 0.15) is 16.9 Å². The van der Waals surface area contributed by atoms with Gasteiger partial charge in [-0.2, -0.15) is 0 Å². The van der Waals surface area contributed by atoms with E-state index in [1.165, 1.54) is 0 Å². The first-order valence-corrected chi connectivity index (χ1v) is 8.68. The first kappa shape index (κ1) is 15.4. The van der Waals surface area contributed by atoms with E-state index in [1.807, 2.05) is 37.3 Å². The van der Waals surface area contributed by atoms with Gasteiger partial charge in [0.05, 0.1) is 10.0 Å². The summed E-state index contributed by atoms with van der Waals surface area (Å²) < 4.78 is 12.0. The van der Waals surface area contributed by atoms with Crippen LogP contribution >= 0.6 is 27.7 Å². The molecule has 0 saturated carbocycles. The molecule has 0 spiro atoms. The van der Waals surface area contributed by atoms with Crippen LogP contribution in [0.5, 0.6) is 5.75 Å². The molecule has 1 aliphatic rings. The minimum absolute atomic E-state index is 0.292. The van der Waals surface area contributed by atoms with Crippen LogP contribution < -0.4 is 10.4 Å². The number of halogens is 1. The van der Waals surface area contributed by atoms with E-state index in [-0.39, 0.29) is 5.63 Å². The molecule has 22 heavy (non-hydrogen) atoms. The van der Waals surface area contributed by atoms with E-state index in [1.54, 1.807) is 18.7 Å². The second-order valence-electron chi connectivity index (χ2n) is 5.15. The molecule has 2 aromatic rings. The minimum Gasteiger partial charge on any atom is -0.488 e. The summed E-state index contributed by atoms with van der Waals surface area (Å²) in [5.41, 5.74) is 2.38. The van der Waals surface area contributed by atoms with Gasteiger partial charge in [0.1, 0.15) is 18.1 Å². The molecule has 0 unspecified atom stereocenters. The van der Waals surface area contributed by atoms with Gasteiger partial charge in [-0.15, -0.1) is 11.8 Å². The fourth-order valence-corrected chi connectivity index (χ4v) is 4.01. The van der Waals surface area contributed by atoms with Crippen LogP contribution in [-0.4, -0.2) is 12.4 Å². The smallest absolute Gasteiger partial charge is 0.344 e. The van der Waals surface area contributed by atoms with Crippen LogP contribution in [0.25, 0.3) is 5.57 Å². The Morgan fingerprint density at radius 2 is 2.14 bits per heavy atom. The van der Waals surface area contributed by atoms with Crippen molar-refractivity contribution in [2.45, 2.75) is 18.7 Å². The number of ether oxygens (including phenoxy) is 1. The van der Waals surface area contributed by atoms with Gasteiger partial charge in [-0.25, -0.2) is 4.79 Å². The number of fused-ring (bicyclic) bond motifs is 1. The maximum atomic E-state index is 12.1. The van der Waals surface area contributed by atoms with Crippen molar-refractivity contribution < 1.29 is 9.15 Å². The Balaban J connectivity index is 1.85. The van der Waals surface area contributed by atoms with Gasteiger partial charge >= 0.3 is 5.63 Å². The van der Waals surface area contributed by atoms with Crippen LogP contribution in [0.15, 0.2) is 48.9 Å². The number of benzene rings is 1. The van der Waals surface area contributed by atoms with Crippen molar-refractivity contribution in [3.8, 4) is 5.75 Å². The third-order valence-electron chi connectivity index (χ3n) is 3.40. The van der Waals surface area contributed by atoms with Gasteiger partial charge in [-0.1, -0.05) is 12.1 Å². The molecular formula is C17H15BrO3S. The van der Waals surface area contributed by atoms with E-state index in [2.05, 4.69) is 15.9 Å². The Kier molecular flexibility index (Phi) is 4.45. The third-order valence-corrected chi connectivity index (χ3v) is 4.98. The highest BCUT2D eigenvalue weighted by molar-refractivity contribution is 9.10. The number of aryl methyl sites for hydroxylation is 2. The molecule has 0 fully saturated rings. The van der Waals surface area contributed by atoms with Gasteiger partial charge in [0.15, 0.2) is 0 Å². The highest BCUT2D eigenvalue weighted by Crippen LogP contribution is 2.33. The summed E-state index contributed by atoms with van der Waals surface area (Å²) >= 11 is 5.15. The number of thioether (sulfide) groups is 1. The molecule has 3 rings (SSSR count). The summed E-state index contributed by atoms with van der Waals surface area (Å²) in [6.07, 6.45) is 2.03. The third kappa shape index (κ3) is 3.15. The van der Waals surface area contributed by atoms with Gasteiger partial charge in [0.25, 0.3) is 0 Å². The van der Waals surface area contributed by atoms with E-state index >= 15 is 0 Å². The van der Waals surface area contributed by atoms with Crippen molar-refractivity contribution in [3.63, 3.8) is 0 Å². The monoisotopic (exact) mass is 378 g/mol. The number of hydrogen-bond acceptors (Lipinski definition) is 4. The summed E-state index contributed by atoms with van der Waals surface area (Å²) in [4.78, 5) is 13.1. The molecule has 2 heterocycles. The lowest BCUT2D eigenvalue weighted by molar-refractivity contribution is 0.365. The first-order chi connectivity index (χ1) is 10.5. The molecule has 0 saturated heterocycles. The molecule has 0 bridgehead atoms. The van der Waals surface area contributed by atoms with E-state index in [0.29, 0.717) is 17.9 Å². The summed E-state index contributed by atoms with van der Waals surface area (Å²) in [7, 11) is 0. The molecule has 1 aliphatic heterocycles. The van der Waals surface area contributed by atoms with Gasteiger partial charge in [-0.05, 0) is 53.5 Å². The summed E-state index contributed by atoms with van der Waals surface area (Å²) in [5, 5.41) is 0. The number of hydrogen-bond donors (Lipinski definition) is 0. The Labute approximate surface area is 141 Å². The fourth-order valence-electron chi connectivity index (χ4n) is 2.33. The van der Waals surface area contributed by atoms with E-state index in [9.17, 15) is 4.79 Å². The Hall–Kier alpha value is -1.46. The molecule has 3 nitrogen and oxygen atoms in total. The second-order valence-corrected chi connectivity index (χ2v) is 7.06. The Morgan fingerprint density at radius 1 is 1.32 bits per heavy atom. The minimum atomic E-state index is -0.292. The molecule has 0 N–H and O–H groups in total. The van der Waals surface area contributed by atoms with Crippen LogP contribution in [-0.2, 0) is 0 Å². The Morgan fingerprint density at radius 3 is 2.91 bits per heavy atom. The number of rotatable bonds is 3. The maximum absolute atomic E-state index is 12.1. The first-order valence-electron chi connectivity index (χ1n) is 6.90. The molecule has 0 aliphatic carbocycles. The second kappa shape index (κ2) is 6.34. The van der Waals surface area contributed by atoms with Crippen LogP contribution in [0.2, 0.25) is 0 Å². The SMILES string of the molecule is Cc1ccc(OCC2=CCSc3cc(C)oc(=O)c32)c(Br)c1. The van der Waals surface area contributed by atoms with Crippen molar-refractivity contribution in [3.05, 3.63) is 62.1 Å². The standard InChI is InChI=1S/C17H15BrO3S/c1-10-3-4-14(13(18)7-10)20-9-12-5-6-22-15-8-11(2)21-17(19)16(12)15/h3-5,7-8H,6,9H2,1-2H3. The lowest BCUT2D eigenvalue weighted by Gasteiger charge is -2.17. The quantitative estimate of drug-likeness (QED) is 0.782. The average Bonchev–Trinajstić information content (AvgIpc) is 2.45. The van der Waals surface area contributed by atoms with Crippen molar-refractivity contribution in [1.82, 2.24) is 0 Å². The zero-order valence-electron chi connectivity index (χ0n) is 12.3.